The number of hydrogen-bond acceptors (Lipinski definition) is 4. The van der Waals surface area contributed by atoms with Gasteiger partial charge in [0, 0.05) is 23.1 Å². The maximum atomic E-state index is 12.6. The van der Waals surface area contributed by atoms with Gasteiger partial charge < -0.3 is 9.64 Å². The summed E-state index contributed by atoms with van der Waals surface area (Å²) >= 11 is 0. The van der Waals surface area contributed by atoms with Crippen molar-refractivity contribution in [3.8, 4) is 11.1 Å². The summed E-state index contributed by atoms with van der Waals surface area (Å²) in [5.74, 6) is -0.252. The molecular weight excluding hydrogens is 386 g/mol. The third kappa shape index (κ3) is 3.69. The number of hydrogen-bond donors (Lipinski definition) is 0. The fourth-order valence-electron chi connectivity index (χ4n) is 4.16. The van der Waals surface area contributed by atoms with Gasteiger partial charge in [0.2, 0.25) is 9.05 Å². The number of nitrogens with zero attached hydrogens (tertiary/aromatic N) is 1. The minimum Gasteiger partial charge on any atom is -0.448 e. The molecule has 4 rings (SSSR count). The molecule has 2 aromatic carbocycles. The number of carbonyl (C=O) groups is 1. The number of halogens is 1. The summed E-state index contributed by atoms with van der Waals surface area (Å²) in [5, 5.41) is 0. The number of benzene rings is 2. The Hall–Kier alpha value is -2.05. The number of ether oxygens (including phenoxy) is 1. The van der Waals surface area contributed by atoms with Crippen molar-refractivity contribution in [3.05, 3.63) is 59.7 Å². The van der Waals surface area contributed by atoms with E-state index < -0.39 is 21.2 Å². The predicted molar refractivity (Wildman–Crippen MR) is 104 cm³/mol. The van der Waals surface area contributed by atoms with E-state index in [0.717, 1.165) is 17.5 Å². The highest BCUT2D eigenvalue weighted by molar-refractivity contribution is 8.13. The normalized spacial score (nSPS) is 19.0. The van der Waals surface area contributed by atoms with E-state index in [-0.39, 0.29) is 18.3 Å². The van der Waals surface area contributed by atoms with Gasteiger partial charge in [0.1, 0.15) is 6.61 Å². The first-order valence-electron chi connectivity index (χ1n) is 8.98. The maximum absolute atomic E-state index is 12.6. The molecule has 142 valence electrons. The summed E-state index contributed by atoms with van der Waals surface area (Å²) < 4.78 is 28.4. The molecule has 0 radical (unpaired) electrons. The van der Waals surface area contributed by atoms with Crippen LogP contribution in [0.5, 0.6) is 0 Å². The first-order chi connectivity index (χ1) is 12.9. The molecule has 2 aromatic rings. The van der Waals surface area contributed by atoms with Gasteiger partial charge >= 0.3 is 6.09 Å². The van der Waals surface area contributed by atoms with Gasteiger partial charge in [-0.2, -0.15) is 0 Å². The van der Waals surface area contributed by atoms with E-state index >= 15 is 0 Å². The van der Waals surface area contributed by atoms with Gasteiger partial charge in [-0.1, -0.05) is 48.5 Å². The van der Waals surface area contributed by atoms with Crippen LogP contribution in [0.2, 0.25) is 0 Å². The molecule has 1 atom stereocenters. The van der Waals surface area contributed by atoms with Crippen LogP contribution in [0.25, 0.3) is 11.1 Å². The summed E-state index contributed by atoms with van der Waals surface area (Å²) in [6.07, 6.45) is 0.900. The lowest BCUT2D eigenvalue weighted by Gasteiger charge is -2.24. The average molecular weight is 406 g/mol. The largest absolute Gasteiger partial charge is 0.448 e. The van der Waals surface area contributed by atoms with Crippen LogP contribution in [0.3, 0.4) is 0 Å². The van der Waals surface area contributed by atoms with Crippen LogP contribution in [-0.4, -0.2) is 44.4 Å². The highest BCUT2D eigenvalue weighted by Gasteiger charge is 2.34. The van der Waals surface area contributed by atoms with Crippen molar-refractivity contribution in [1.29, 1.82) is 0 Å². The number of amides is 1. The quantitative estimate of drug-likeness (QED) is 0.722. The second kappa shape index (κ2) is 7.17. The van der Waals surface area contributed by atoms with Crippen LogP contribution in [0.4, 0.5) is 4.79 Å². The first kappa shape index (κ1) is 18.3. The van der Waals surface area contributed by atoms with Crippen molar-refractivity contribution in [2.75, 3.05) is 18.9 Å². The van der Waals surface area contributed by atoms with Crippen molar-refractivity contribution in [3.63, 3.8) is 0 Å². The van der Waals surface area contributed by atoms with E-state index in [1.54, 1.807) is 0 Å². The van der Waals surface area contributed by atoms with E-state index in [9.17, 15) is 13.2 Å². The molecular formula is C20H20ClNO4S. The van der Waals surface area contributed by atoms with Crippen LogP contribution in [0.1, 0.15) is 29.9 Å². The fourth-order valence-corrected chi connectivity index (χ4v) is 5.40. The molecule has 0 saturated carbocycles. The fraction of sp³-hybridized carbons (Fsp3) is 0.350. The van der Waals surface area contributed by atoms with E-state index in [1.807, 2.05) is 24.3 Å². The van der Waals surface area contributed by atoms with Crippen molar-refractivity contribution < 1.29 is 17.9 Å². The lowest BCUT2D eigenvalue weighted by atomic mass is 9.98. The van der Waals surface area contributed by atoms with Crippen molar-refractivity contribution in [1.82, 2.24) is 4.90 Å². The SMILES string of the molecule is O=C(OCC1c2ccccc2-c2ccccc21)N1CCCC1CS(=O)(=O)Cl. The van der Waals surface area contributed by atoms with Crippen LogP contribution in [0.15, 0.2) is 48.5 Å². The van der Waals surface area contributed by atoms with Crippen molar-refractivity contribution in [2.45, 2.75) is 24.8 Å². The highest BCUT2D eigenvalue weighted by Crippen LogP contribution is 2.44. The number of carbonyl (C=O) groups excluding carboxylic acids is 1. The van der Waals surface area contributed by atoms with Gasteiger partial charge in [-0.15, -0.1) is 0 Å². The molecule has 27 heavy (non-hydrogen) atoms. The molecule has 1 unspecified atom stereocenters. The molecule has 1 aliphatic heterocycles. The minimum atomic E-state index is -3.66. The van der Waals surface area contributed by atoms with Gasteiger partial charge in [-0.25, -0.2) is 13.2 Å². The molecule has 0 spiro atoms. The van der Waals surface area contributed by atoms with Gasteiger partial charge in [0.05, 0.1) is 11.8 Å². The zero-order valence-corrected chi connectivity index (χ0v) is 16.2. The van der Waals surface area contributed by atoms with Gasteiger partial charge in [-0.05, 0) is 35.1 Å². The van der Waals surface area contributed by atoms with Crippen LogP contribution in [-0.2, 0) is 13.8 Å². The zero-order chi connectivity index (χ0) is 19.0. The van der Waals surface area contributed by atoms with Crippen molar-refractivity contribution >= 4 is 25.8 Å². The Morgan fingerprint density at radius 3 is 2.26 bits per heavy atom. The molecule has 1 amide bonds. The van der Waals surface area contributed by atoms with E-state index in [1.165, 1.54) is 16.0 Å². The molecule has 1 aliphatic carbocycles. The van der Waals surface area contributed by atoms with Crippen LogP contribution >= 0.6 is 10.7 Å². The Morgan fingerprint density at radius 2 is 1.67 bits per heavy atom. The highest BCUT2D eigenvalue weighted by atomic mass is 35.7. The second-order valence-electron chi connectivity index (χ2n) is 7.00. The molecule has 0 aromatic heterocycles. The standard InChI is InChI=1S/C20H20ClNO4S/c21-27(24,25)13-14-6-5-11-22(14)20(23)26-12-19-17-9-3-1-7-15(17)16-8-2-4-10-18(16)19/h1-4,7-10,14,19H,5-6,11-13H2. The van der Waals surface area contributed by atoms with E-state index in [4.69, 9.17) is 15.4 Å². The smallest absolute Gasteiger partial charge is 0.410 e. The van der Waals surface area contributed by atoms with Crippen molar-refractivity contribution in [2.24, 2.45) is 0 Å². The molecule has 1 fully saturated rings. The van der Waals surface area contributed by atoms with Gasteiger partial charge in [0.25, 0.3) is 0 Å². The molecule has 5 nitrogen and oxygen atoms in total. The molecule has 0 bridgehead atoms. The van der Waals surface area contributed by atoms with E-state index in [0.29, 0.717) is 13.0 Å². The Morgan fingerprint density at radius 1 is 1.07 bits per heavy atom. The summed E-state index contributed by atoms with van der Waals surface area (Å²) in [4.78, 5) is 14.1. The van der Waals surface area contributed by atoms with E-state index in [2.05, 4.69) is 24.3 Å². The predicted octanol–water partition coefficient (Wildman–Crippen LogP) is 3.97. The topological polar surface area (TPSA) is 63.7 Å². The molecule has 0 N–H and O–H groups in total. The lowest BCUT2D eigenvalue weighted by molar-refractivity contribution is 0.0984. The molecule has 1 heterocycles. The lowest BCUT2D eigenvalue weighted by Crippen LogP contribution is -2.39. The number of rotatable bonds is 4. The minimum absolute atomic E-state index is 0.0147. The third-order valence-electron chi connectivity index (χ3n) is 5.34. The summed E-state index contributed by atoms with van der Waals surface area (Å²) in [6.45, 7) is 0.720. The summed E-state index contributed by atoms with van der Waals surface area (Å²) in [5.41, 5.74) is 4.63. The summed E-state index contributed by atoms with van der Waals surface area (Å²) in [6, 6.07) is 15.9. The second-order valence-corrected chi connectivity index (χ2v) is 9.82. The summed E-state index contributed by atoms with van der Waals surface area (Å²) in [7, 11) is 1.71. The Kier molecular flexibility index (Phi) is 4.86. The average Bonchev–Trinajstić information content (AvgIpc) is 3.21. The van der Waals surface area contributed by atoms with Crippen LogP contribution in [0, 0.1) is 0 Å². The first-order valence-corrected chi connectivity index (χ1v) is 11.5. The Labute approximate surface area is 163 Å². The Bertz CT molecular complexity index is 930. The zero-order valence-electron chi connectivity index (χ0n) is 14.7. The number of fused-ring (bicyclic) bond motifs is 3. The van der Waals surface area contributed by atoms with Crippen LogP contribution < -0.4 is 0 Å². The third-order valence-corrected chi connectivity index (χ3v) is 6.50. The number of likely N-dealkylation sites (tertiary alicyclic amines) is 1. The Balaban J connectivity index is 1.50. The van der Waals surface area contributed by atoms with Gasteiger partial charge in [0.15, 0.2) is 0 Å². The molecule has 7 heteroatoms. The monoisotopic (exact) mass is 405 g/mol. The maximum Gasteiger partial charge on any atom is 0.410 e. The van der Waals surface area contributed by atoms with Gasteiger partial charge in [-0.3, -0.25) is 0 Å². The molecule has 2 aliphatic rings. The molecule has 1 saturated heterocycles.